The Bertz CT molecular complexity index is 796. The number of nitrogens with zero attached hydrogens (tertiary/aromatic N) is 6. The number of rotatable bonds is 3. The van der Waals surface area contributed by atoms with Crippen LogP contribution in [0.4, 0.5) is 0 Å². The van der Waals surface area contributed by atoms with E-state index in [0.29, 0.717) is 38.3 Å². The van der Waals surface area contributed by atoms with Gasteiger partial charge in [-0.3, -0.25) is 18.8 Å². The van der Waals surface area contributed by atoms with Crippen LogP contribution in [0.25, 0.3) is 0 Å². The molecular formula is C16H22N6O2. The zero-order valence-electron chi connectivity index (χ0n) is 14.3. The van der Waals surface area contributed by atoms with Crippen LogP contribution < -0.4 is 5.56 Å². The molecule has 0 aromatic carbocycles. The van der Waals surface area contributed by atoms with Gasteiger partial charge in [0.05, 0.1) is 18.2 Å². The molecule has 1 aliphatic heterocycles. The molecule has 0 fully saturated rings. The summed E-state index contributed by atoms with van der Waals surface area (Å²) in [5.41, 5.74) is 1.57. The molecule has 0 saturated heterocycles. The van der Waals surface area contributed by atoms with Crippen molar-refractivity contribution in [2.75, 3.05) is 13.1 Å². The molecule has 0 aliphatic carbocycles. The molecule has 3 heterocycles. The van der Waals surface area contributed by atoms with E-state index in [1.165, 1.54) is 6.33 Å². The standard InChI is InChI=1S/C16H22N6O2/c1-11(8-22-10-17-9-18-22)15(23)21-6-4-13-14(5-7-21)19-12(2)20(3)16(13)24/h9-11H,4-8H2,1-3H3/t11-/m1/s1. The monoisotopic (exact) mass is 330 g/mol. The molecule has 2 aromatic rings. The first-order valence-corrected chi connectivity index (χ1v) is 8.14. The Hall–Kier alpha value is -2.51. The van der Waals surface area contributed by atoms with E-state index in [1.807, 2.05) is 18.7 Å². The minimum Gasteiger partial charge on any atom is -0.342 e. The Balaban J connectivity index is 1.73. The molecule has 0 bridgehead atoms. The van der Waals surface area contributed by atoms with Gasteiger partial charge in [-0.15, -0.1) is 0 Å². The predicted octanol–water partition coefficient (Wildman–Crippen LogP) is -0.0563. The van der Waals surface area contributed by atoms with Crippen molar-refractivity contribution in [3.8, 4) is 0 Å². The normalized spacial score (nSPS) is 15.7. The number of hydrogen-bond donors (Lipinski definition) is 0. The van der Waals surface area contributed by atoms with Crippen molar-refractivity contribution in [2.45, 2.75) is 33.2 Å². The van der Waals surface area contributed by atoms with Gasteiger partial charge in [-0.05, 0) is 13.3 Å². The lowest BCUT2D eigenvalue weighted by atomic mass is 10.1. The fraction of sp³-hybridized carbons (Fsp3) is 0.562. The average molecular weight is 330 g/mol. The second kappa shape index (κ2) is 6.54. The molecule has 1 atom stereocenters. The lowest BCUT2D eigenvalue weighted by Crippen LogP contribution is -2.38. The third kappa shape index (κ3) is 3.08. The number of carbonyl (C=O) groups excluding carboxylic acids is 1. The van der Waals surface area contributed by atoms with E-state index in [2.05, 4.69) is 15.1 Å². The van der Waals surface area contributed by atoms with E-state index < -0.39 is 0 Å². The minimum absolute atomic E-state index is 0.00228. The summed E-state index contributed by atoms with van der Waals surface area (Å²) in [5.74, 6) is 0.593. The molecule has 0 spiro atoms. The molecule has 128 valence electrons. The summed E-state index contributed by atoms with van der Waals surface area (Å²) in [7, 11) is 1.74. The van der Waals surface area contributed by atoms with Gasteiger partial charge in [0.25, 0.3) is 5.56 Å². The third-order valence-corrected chi connectivity index (χ3v) is 4.60. The van der Waals surface area contributed by atoms with Gasteiger partial charge < -0.3 is 4.90 Å². The highest BCUT2D eigenvalue weighted by Gasteiger charge is 2.25. The minimum atomic E-state index is -0.189. The van der Waals surface area contributed by atoms with Crippen molar-refractivity contribution in [2.24, 2.45) is 13.0 Å². The molecular weight excluding hydrogens is 308 g/mol. The first-order chi connectivity index (χ1) is 11.5. The molecule has 24 heavy (non-hydrogen) atoms. The van der Waals surface area contributed by atoms with Crippen molar-refractivity contribution in [1.82, 2.24) is 29.2 Å². The van der Waals surface area contributed by atoms with Crippen molar-refractivity contribution < 1.29 is 4.79 Å². The molecule has 3 rings (SSSR count). The maximum atomic E-state index is 12.7. The summed E-state index contributed by atoms with van der Waals surface area (Å²) >= 11 is 0. The number of aromatic nitrogens is 5. The zero-order valence-corrected chi connectivity index (χ0v) is 14.3. The molecule has 1 aliphatic rings. The van der Waals surface area contributed by atoms with E-state index in [0.717, 1.165) is 11.3 Å². The third-order valence-electron chi connectivity index (χ3n) is 4.60. The Labute approximate surface area is 140 Å². The molecule has 8 heteroatoms. The largest absolute Gasteiger partial charge is 0.342 e. The average Bonchev–Trinajstić information content (AvgIpc) is 2.97. The van der Waals surface area contributed by atoms with Gasteiger partial charge >= 0.3 is 0 Å². The van der Waals surface area contributed by atoms with Crippen LogP contribution in [-0.2, 0) is 31.2 Å². The van der Waals surface area contributed by atoms with Crippen molar-refractivity contribution in [3.63, 3.8) is 0 Å². The van der Waals surface area contributed by atoms with Gasteiger partial charge in [-0.1, -0.05) is 6.92 Å². The Morgan fingerprint density at radius 1 is 1.33 bits per heavy atom. The topological polar surface area (TPSA) is 85.9 Å². The second-order valence-electron chi connectivity index (χ2n) is 6.29. The lowest BCUT2D eigenvalue weighted by molar-refractivity contribution is -0.135. The van der Waals surface area contributed by atoms with E-state index in [-0.39, 0.29) is 17.4 Å². The molecule has 0 N–H and O–H groups in total. The van der Waals surface area contributed by atoms with Crippen LogP contribution in [0.2, 0.25) is 0 Å². The number of hydrogen-bond acceptors (Lipinski definition) is 5. The van der Waals surface area contributed by atoms with Crippen LogP contribution in [0, 0.1) is 12.8 Å². The van der Waals surface area contributed by atoms with Crippen LogP contribution in [0.5, 0.6) is 0 Å². The van der Waals surface area contributed by atoms with Crippen LogP contribution in [-0.4, -0.2) is 48.2 Å². The fourth-order valence-corrected chi connectivity index (χ4v) is 3.09. The lowest BCUT2D eigenvalue weighted by Gasteiger charge is -2.23. The van der Waals surface area contributed by atoms with Crippen LogP contribution in [0.3, 0.4) is 0 Å². The van der Waals surface area contributed by atoms with E-state index in [9.17, 15) is 9.59 Å². The number of aryl methyl sites for hydroxylation is 1. The molecule has 8 nitrogen and oxygen atoms in total. The summed E-state index contributed by atoms with van der Waals surface area (Å²) in [6.07, 6.45) is 4.24. The number of carbonyl (C=O) groups is 1. The summed E-state index contributed by atoms with van der Waals surface area (Å²) in [5, 5.41) is 4.05. The fourth-order valence-electron chi connectivity index (χ4n) is 3.09. The van der Waals surface area contributed by atoms with Crippen LogP contribution in [0.1, 0.15) is 24.0 Å². The van der Waals surface area contributed by atoms with Crippen molar-refractivity contribution in [3.05, 3.63) is 40.1 Å². The molecule has 2 aromatic heterocycles. The molecule has 0 saturated carbocycles. The van der Waals surface area contributed by atoms with Gasteiger partial charge in [-0.25, -0.2) is 9.97 Å². The predicted molar refractivity (Wildman–Crippen MR) is 87.4 cm³/mol. The van der Waals surface area contributed by atoms with Gasteiger partial charge in [0.15, 0.2) is 0 Å². The Morgan fingerprint density at radius 3 is 2.79 bits per heavy atom. The smallest absolute Gasteiger partial charge is 0.256 e. The first-order valence-electron chi connectivity index (χ1n) is 8.14. The van der Waals surface area contributed by atoms with Crippen molar-refractivity contribution >= 4 is 5.91 Å². The summed E-state index contributed by atoms with van der Waals surface area (Å²) in [6, 6.07) is 0. The summed E-state index contributed by atoms with van der Waals surface area (Å²) in [4.78, 5) is 35.4. The Morgan fingerprint density at radius 2 is 2.08 bits per heavy atom. The molecule has 0 radical (unpaired) electrons. The zero-order chi connectivity index (χ0) is 17.3. The number of fused-ring (bicyclic) bond motifs is 1. The molecule has 0 unspecified atom stereocenters. The van der Waals surface area contributed by atoms with E-state index in [1.54, 1.807) is 22.6 Å². The van der Waals surface area contributed by atoms with Gasteiger partial charge in [0.2, 0.25) is 5.91 Å². The van der Waals surface area contributed by atoms with Gasteiger partial charge in [-0.2, -0.15) is 5.10 Å². The highest BCUT2D eigenvalue weighted by Crippen LogP contribution is 2.14. The SMILES string of the molecule is Cc1nc2c(c(=O)n1C)CCN(C(=O)[C@H](C)Cn1cncn1)CC2. The van der Waals surface area contributed by atoms with E-state index in [4.69, 9.17) is 0 Å². The van der Waals surface area contributed by atoms with Crippen molar-refractivity contribution in [1.29, 1.82) is 0 Å². The van der Waals surface area contributed by atoms with Crippen LogP contribution >= 0.6 is 0 Å². The first kappa shape index (κ1) is 16.4. The maximum absolute atomic E-state index is 12.7. The Kier molecular flexibility index (Phi) is 4.46. The van der Waals surface area contributed by atoms with Crippen LogP contribution in [0.15, 0.2) is 17.4 Å². The van der Waals surface area contributed by atoms with Gasteiger partial charge in [0.1, 0.15) is 18.5 Å². The highest BCUT2D eigenvalue weighted by molar-refractivity contribution is 5.78. The highest BCUT2D eigenvalue weighted by atomic mass is 16.2. The maximum Gasteiger partial charge on any atom is 0.256 e. The summed E-state index contributed by atoms with van der Waals surface area (Å²) in [6.45, 7) is 5.36. The number of amides is 1. The summed E-state index contributed by atoms with van der Waals surface area (Å²) < 4.78 is 3.24. The second-order valence-corrected chi connectivity index (χ2v) is 6.29. The van der Waals surface area contributed by atoms with E-state index >= 15 is 0 Å². The van der Waals surface area contributed by atoms with Gasteiger partial charge in [0, 0.05) is 32.1 Å². The quantitative estimate of drug-likeness (QED) is 0.787. The molecule has 1 amide bonds.